The van der Waals surface area contributed by atoms with Crippen LogP contribution in [0.2, 0.25) is 0 Å². The van der Waals surface area contributed by atoms with Gasteiger partial charge in [-0.1, -0.05) is 4.40 Å². The second-order valence-corrected chi connectivity index (χ2v) is 7.48. The van der Waals surface area contributed by atoms with E-state index in [0.717, 1.165) is 5.69 Å². The van der Waals surface area contributed by atoms with Gasteiger partial charge in [0, 0.05) is 12.6 Å². The van der Waals surface area contributed by atoms with E-state index in [1.54, 1.807) is 26.1 Å². The monoisotopic (exact) mass is 335 g/mol. The molecule has 2 aromatic rings. The summed E-state index contributed by atoms with van der Waals surface area (Å²) in [6.07, 6.45) is 2.79. The molecule has 122 valence electrons. The fourth-order valence-corrected chi connectivity index (χ4v) is 2.08. The summed E-state index contributed by atoms with van der Waals surface area (Å²) in [7, 11) is 0. The van der Waals surface area contributed by atoms with E-state index in [-0.39, 0.29) is 12.5 Å². The van der Waals surface area contributed by atoms with E-state index in [9.17, 15) is 8.94 Å². The molecular formula is C17H19FN2O2S. The number of benzene rings is 1. The third-order valence-corrected chi connectivity index (χ3v) is 4.09. The van der Waals surface area contributed by atoms with Gasteiger partial charge in [-0.15, -0.1) is 0 Å². The zero-order valence-corrected chi connectivity index (χ0v) is 14.1. The zero-order chi connectivity index (χ0) is 17.7. The fraction of sp³-hybridized carbons (Fsp3) is 0.294. The van der Waals surface area contributed by atoms with Crippen molar-refractivity contribution >= 4 is 17.6 Å². The normalized spacial score (nSPS) is 13.9. The molecule has 1 aromatic carbocycles. The second-order valence-electron chi connectivity index (χ2n) is 5.66. The highest BCUT2D eigenvalue weighted by Crippen LogP contribution is 2.23. The first-order chi connectivity index (χ1) is 11.3. The number of aromatic nitrogens is 1. The molecule has 2 rings (SSSR count). The SMILES string of the molecule is [2H]CC(C)(C)[S+]([O-])N=Cc1cc(Oc2ccc(C)nc2)ccc1F. The Morgan fingerprint density at radius 2 is 2.09 bits per heavy atom. The van der Waals surface area contributed by atoms with Gasteiger partial charge in [0.2, 0.25) is 0 Å². The van der Waals surface area contributed by atoms with Crippen molar-refractivity contribution in [3.05, 3.63) is 53.6 Å². The van der Waals surface area contributed by atoms with E-state index in [1.807, 2.05) is 13.0 Å². The molecule has 1 unspecified atom stereocenters. The maximum Gasteiger partial charge on any atom is 0.145 e. The van der Waals surface area contributed by atoms with Gasteiger partial charge in [0.25, 0.3) is 0 Å². The van der Waals surface area contributed by atoms with Gasteiger partial charge in [-0.25, -0.2) is 4.39 Å². The van der Waals surface area contributed by atoms with E-state index in [4.69, 9.17) is 6.11 Å². The van der Waals surface area contributed by atoms with Crippen LogP contribution in [-0.2, 0) is 11.4 Å². The number of hydrogen-bond donors (Lipinski definition) is 0. The molecule has 0 aliphatic rings. The minimum Gasteiger partial charge on any atom is -0.591 e. The molecule has 0 bridgehead atoms. The Morgan fingerprint density at radius 1 is 1.35 bits per heavy atom. The van der Waals surface area contributed by atoms with Gasteiger partial charge < -0.3 is 9.29 Å². The minimum absolute atomic E-state index is 0.0387. The highest BCUT2D eigenvalue weighted by Gasteiger charge is 2.25. The van der Waals surface area contributed by atoms with Crippen molar-refractivity contribution in [2.24, 2.45) is 4.40 Å². The smallest absolute Gasteiger partial charge is 0.145 e. The Balaban J connectivity index is 2.18. The van der Waals surface area contributed by atoms with Gasteiger partial charge in [-0.05, 0) is 58.0 Å². The van der Waals surface area contributed by atoms with E-state index in [0.29, 0.717) is 11.5 Å². The summed E-state index contributed by atoms with van der Waals surface area (Å²) in [6.45, 7) is 5.18. The third kappa shape index (κ3) is 5.04. The zero-order valence-electron chi connectivity index (χ0n) is 14.2. The molecule has 0 fully saturated rings. The van der Waals surface area contributed by atoms with Gasteiger partial charge in [-0.3, -0.25) is 4.98 Å². The van der Waals surface area contributed by atoms with E-state index < -0.39 is 21.9 Å². The number of halogens is 1. The second kappa shape index (κ2) is 7.10. The molecular weight excluding hydrogens is 315 g/mol. The molecule has 4 nitrogen and oxygen atoms in total. The van der Waals surface area contributed by atoms with Crippen LogP contribution < -0.4 is 4.74 Å². The van der Waals surface area contributed by atoms with Crippen molar-refractivity contribution in [3.63, 3.8) is 0 Å². The summed E-state index contributed by atoms with van der Waals surface area (Å²) in [5.74, 6) is 0.469. The molecule has 23 heavy (non-hydrogen) atoms. The van der Waals surface area contributed by atoms with Crippen LogP contribution in [0.5, 0.6) is 11.5 Å². The number of nitrogens with zero attached hydrogens (tertiary/aromatic N) is 2. The summed E-state index contributed by atoms with van der Waals surface area (Å²) in [4.78, 5) is 4.13. The highest BCUT2D eigenvalue weighted by atomic mass is 32.2. The fourth-order valence-electron chi connectivity index (χ4n) is 1.58. The number of rotatable bonds is 4. The highest BCUT2D eigenvalue weighted by molar-refractivity contribution is 7.91. The van der Waals surface area contributed by atoms with Crippen LogP contribution in [0, 0.1) is 12.7 Å². The Morgan fingerprint density at radius 3 is 2.74 bits per heavy atom. The van der Waals surface area contributed by atoms with Crippen molar-refractivity contribution < 1.29 is 15.1 Å². The summed E-state index contributed by atoms with van der Waals surface area (Å²) in [5, 5.41) is 0. The third-order valence-electron chi connectivity index (χ3n) is 2.85. The predicted molar refractivity (Wildman–Crippen MR) is 90.9 cm³/mol. The molecule has 0 spiro atoms. The maximum absolute atomic E-state index is 13.9. The Kier molecular flexibility index (Phi) is 4.93. The molecule has 1 heterocycles. The molecule has 0 saturated heterocycles. The molecule has 1 aromatic heterocycles. The van der Waals surface area contributed by atoms with Crippen LogP contribution in [0.3, 0.4) is 0 Å². The molecule has 0 radical (unpaired) electrons. The maximum atomic E-state index is 13.9. The molecule has 0 N–H and O–H groups in total. The first-order valence-electron chi connectivity index (χ1n) is 7.68. The van der Waals surface area contributed by atoms with Crippen molar-refractivity contribution in [2.75, 3.05) is 0 Å². The Bertz CT molecular complexity index is 723. The minimum atomic E-state index is -1.62. The quantitative estimate of drug-likeness (QED) is 0.621. The topological polar surface area (TPSA) is 57.5 Å². The average molecular weight is 335 g/mol. The lowest BCUT2D eigenvalue weighted by Gasteiger charge is -2.17. The van der Waals surface area contributed by atoms with Gasteiger partial charge in [0.05, 0.1) is 12.4 Å². The van der Waals surface area contributed by atoms with Gasteiger partial charge in [0.15, 0.2) is 0 Å². The van der Waals surface area contributed by atoms with Crippen LogP contribution in [0.1, 0.15) is 33.4 Å². The lowest BCUT2D eigenvalue weighted by Crippen LogP contribution is -2.25. The van der Waals surface area contributed by atoms with Crippen LogP contribution in [-0.4, -0.2) is 20.5 Å². The van der Waals surface area contributed by atoms with Crippen LogP contribution in [0.4, 0.5) is 4.39 Å². The predicted octanol–water partition coefficient (Wildman–Crippen LogP) is 4.20. The van der Waals surface area contributed by atoms with Crippen LogP contribution >= 0.6 is 0 Å². The lowest BCUT2D eigenvalue weighted by atomic mass is 10.2. The average Bonchev–Trinajstić information content (AvgIpc) is 2.57. The first-order valence-corrected chi connectivity index (χ1v) is 8.08. The molecule has 1 atom stereocenters. The Labute approximate surface area is 140 Å². The van der Waals surface area contributed by atoms with Crippen molar-refractivity contribution in [2.45, 2.75) is 32.4 Å². The molecule has 0 aliphatic heterocycles. The van der Waals surface area contributed by atoms with Crippen LogP contribution in [0.25, 0.3) is 0 Å². The largest absolute Gasteiger partial charge is 0.591 e. The summed E-state index contributed by atoms with van der Waals surface area (Å²) in [6, 6.07) is 7.82. The number of aryl methyl sites for hydroxylation is 1. The number of hydrogen-bond acceptors (Lipinski definition) is 4. The van der Waals surface area contributed by atoms with E-state index in [1.165, 1.54) is 24.4 Å². The standard InChI is InChI=1S/C17H19FN2O2S/c1-12-5-6-15(11-19-12)22-14-7-8-16(18)13(9-14)10-20-23(21)17(2,3)4/h5-11H,1-4H3/i2D. The number of pyridine rings is 1. The van der Waals surface area contributed by atoms with Crippen molar-refractivity contribution in [1.82, 2.24) is 4.98 Å². The summed E-state index contributed by atoms with van der Waals surface area (Å²) >= 11 is -1.62. The van der Waals surface area contributed by atoms with Crippen molar-refractivity contribution in [3.8, 4) is 11.5 Å². The lowest BCUT2D eigenvalue weighted by molar-refractivity contribution is 0.478. The van der Waals surface area contributed by atoms with Gasteiger partial charge in [-0.2, -0.15) is 0 Å². The van der Waals surface area contributed by atoms with Gasteiger partial charge in [0.1, 0.15) is 33.4 Å². The molecule has 6 heteroatoms. The molecule has 0 aliphatic carbocycles. The summed E-state index contributed by atoms with van der Waals surface area (Å²) in [5.41, 5.74) is 1.04. The first kappa shape index (κ1) is 16.0. The molecule has 0 amide bonds. The van der Waals surface area contributed by atoms with E-state index >= 15 is 0 Å². The van der Waals surface area contributed by atoms with Gasteiger partial charge >= 0.3 is 0 Å². The molecule has 0 saturated carbocycles. The van der Waals surface area contributed by atoms with Crippen molar-refractivity contribution in [1.29, 1.82) is 0 Å². The van der Waals surface area contributed by atoms with E-state index in [2.05, 4.69) is 9.38 Å². The Hall–Kier alpha value is -1.92. The number of ether oxygens (including phenoxy) is 1. The van der Waals surface area contributed by atoms with Crippen LogP contribution in [0.15, 0.2) is 40.9 Å². The summed E-state index contributed by atoms with van der Waals surface area (Å²) < 4.78 is 42.0.